The summed E-state index contributed by atoms with van der Waals surface area (Å²) in [6.45, 7) is 44.7. The first-order valence-corrected chi connectivity index (χ1v) is 28.3. The van der Waals surface area contributed by atoms with E-state index >= 15 is 0 Å². The van der Waals surface area contributed by atoms with E-state index in [0.717, 1.165) is 94.7 Å². The second-order valence-corrected chi connectivity index (χ2v) is 19.5. The van der Waals surface area contributed by atoms with Gasteiger partial charge in [0.05, 0.1) is 0 Å². The minimum atomic E-state index is -0.826. The second kappa shape index (κ2) is 44.4. The molecule has 0 nitrogen and oxygen atoms in total. The van der Waals surface area contributed by atoms with E-state index in [9.17, 15) is 0 Å². The van der Waals surface area contributed by atoms with Gasteiger partial charge in [-0.3, -0.25) is 0 Å². The second-order valence-electron chi connectivity index (χ2n) is 15.8. The van der Waals surface area contributed by atoms with E-state index in [1.54, 1.807) is 0 Å². The number of fused-ring (bicyclic) bond motifs is 2. The average molecular weight is 983 g/mol. The van der Waals surface area contributed by atoms with Gasteiger partial charge in [0.25, 0.3) is 0 Å². The Labute approximate surface area is 397 Å². The first kappa shape index (κ1) is 74.7. The Kier molecular flexibility index (Phi) is 59.2. The van der Waals surface area contributed by atoms with Gasteiger partial charge in [-0.25, -0.2) is 0 Å². The van der Waals surface area contributed by atoms with Gasteiger partial charge in [-0.05, 0) is 120 Å². The Morgan fingerprint density at radius 2 is 0.500 bits per heavy atom. The van der Waals surface area contributed by atoms with Gasteiger partial charge < -0.3 is 29.7 Å². The molecule has 0 spiro atoms. The van der Waals surface area contributed by atoms with Gasteiger partial charge in [0.15, 0.2) is 0 Å². The molecule has 335 valence electrons. The monoisotopic (exact) mass is 979 g/mol. The summed E-state index contributed by atoms with van der Waals surface area (Å²) in [5.74, 6) is 14.7. The van der Waals surface area contributed by atoms with Crippen LogP contribution in [0.15, 0.2) is 48.6 Å². The number of rotatable bonds is 0. The Hall–Kier alpha value is 1.31. The standard InChI is InChI=1S/2C10H14.2C10H20.4C2H6.4CH3.2ClH.2Zr/c2*1-8-6-7-9-4-2-3-5-10(8)9;2*1-6-7(2)9(4)10(5)8(6)3;4*1-2;;;;;;;;/h2*2-5,8-10H,6-7H2,1H3;2*6-10H,1-5H3;4*1-2H3;4*1H3;2*1H;;/q;;;;;;;;4*-1;;;+2;+3/p-2. The van der Waals surface area contributed by atoms with E-state index in [1.165, 1.54) is 25.7 Å². The third-order valence-corrected chi connectivity index (χ3v) is 14.1. The van der Waals surface area contributed by atoms with E-state index in [-0.39, 0.29) is 55.9 Å². The van der Waals surface area contributed by atoms with Gasteiger partial charge in [-0.15, -0.1) is 0 Å². The van der Waals surface area contributed by atoms with E-state index in [0.29, 0.717) is 0 Å². The van der Waals surface area contributed by atoms with Crippen LogP contribution in [0.3, 0.4) is 0 Å². The number of hydrogen-bond donors (Lipinski definition) is 0. The fourth-order valence-corrected chi connectivity index (χ4v) is 9.23. The maximum absolute atomic E-state index is 4.93. The van der Waals surface area contributed by atoms with Crippen molar-refractivity contribution in [1.29, 1.82) is 0 Å². The Bertz CT molecular complexity index is 751. The predicted molar refractivity (Wildman–Crippen MR) is 262 cm³/mol. The van der Waals surface area contributed by atoms with Crippen LogP contribution in [0.4, 0.5) is 0 Å². The Morgan fingerprint density at radius 1 is 0.339 bits per heavy atom. The van der Waals surface area contributed by atoms with Gasteiger partial charge in [0, 0.05) is 0 Å². The van der Waals surface area contributed by atoms with Crippen molar-refractivity contribution in [3.63, 3.8) is 0 Å². The van der Waals surface area contributed by atoms with Crippen LogP contribution in [-0.2, 0) is 47.1 Å². The van der Waals surface area contributed by atoms with E-state index < -0.39 is 20.8 Å². The van der Waals surface area contributed by atoms with Crippen molar-refractivity contribution in [2.24, 2.45) is 94.7 Å². The van der Waals surface area contributed by atoms with Crippen LogP contribution in [0.25, 0.3) is 0 Å². The molecule has 56 heavy (non-hydrogen) atoms. The summed E-state index contributed by atoms with van der Waals surface area (Å²) < 4.78 is 0. The van der Waals surface area contributed by atoms with Crippen LogP contribution in [0.1, 0.15) is 164 Å². The van der Waals surface area contributed by atoms with E-state index in [4.69, 9.17) is 17.0 Å². The van der Waals surface area contributed by atoms with Gasteiger partial charge in [-0.2, -0.15) is 0 Å². The molecule has 0 aromatic heterocycles. The molecule has 0 amide bonds. The van der Waals surface area contributed by atoms with Crippen molar-refractivity contribution in [2.45, 2.75) is 164 Å². The van der Waals surface area contributed by atoms with Crippen LogP contribution in [0, 0.1) is 124 Å². The first-order chi connectivity index (χ1) is 24.3. The summed E-state index contributed by atoms with van der Waals surface area (Å²) in [7, 11) is 9.87. The molecule has 6 aliphatic rings. The molecule has 1 radical (unpaired) electrons. The maximum atomic E-state index is 4.93. The van der Waals surface area contributed by atoms with Crippen LogP contribution < -0.4 is 0 Å². The smallest absolute Gasteiger partial charge is 3.00 e. The molecule has 4 saturated carbocycles. The van der Waals surface area contributed by atoms with E-state index in [1.807, 2.05) is 55.4 Å². The maximum Gasteiger partial charge on any atom is 3.00 e. The molecule has 6 aliphatic carbocycles. The Balaban J connectivity index is -0.0000000820. The number of allylic oxidation sites excluding steroid dienone is 8. The molecule has 4 heteroatoms. The van der Waals surface area contributed by atoms with Gasteiger partial charge in [0.1, 0.15) is 0 Å². The summed E-state index contributed by atoms with van der Waals surface area (Å²) in [6, 6.07) is 0. The molecule has 0 aromatic carbocycles. The van der Waals surface area contributed by atoms with Crippen molar-refractivity contribution < 1.29 is 47.1 Å². The fourth-order valence-electron chi connectivity index (χ4n) is 9.23. The third-order valence-electron chi connectivity index (χ3n) is 14.1. The summed E-state index contributed by atoms with van der Waals surface area (Å²) >= 11 is -0.826. The molecular formula is C52H104Cl2Zr2-. The SMILES string of the molecule is CC.CC.CC.CC.CC1C(C)C(C)C(C)C1C.CC1C(C)C(C)C(C)C1C.CC1CCC2C=CC=CC12.CC1CCC2C=CC=CC12.[CH3-].[CH3-].[CH3-].[CH3-].[Cl][Zr][Cl].[Zr+3]. The predicted octanol–water partition coefficient (Wildman–Crippen LogP) is 19.2. The third kappa shape index (κ3) is 24.7. The number of halogens is 2. The molecule has 0 aliphatic heterocycles. The van der Waals surface area contributed by atoms with Crippen LogP contribution in [0.2, 0.25) is 0 Å². The molecule has 6 atom stereocenters. The topological polar surface area (TPSA) is 0 Å². The van der Waals surface area contributed by atoms with Crippen molar-refractivity contribution in [3.8, 4) is 0 Å². The van der Waals surface area contributed by atoms with Crippen molar-refractivity contribution in [2.75, 3.05) is 0 Å². The minimum Gasteiger partial charge on any atom is 3.00 e. The van der Waals surface area contributed by atoms with Crippen molar-refractivity contribution >= 4 is 17.0 Å². The number of hydrogen-bond acceptors (Lipinski definition) is 0. The minimum absolute atomic E-state index is 0. The van der Waals surface area contributed by atoms with Gasteiger partial charge in [0.2, 0.25) is 0 Å². The zero-order chi connectivity index (χ0) is 40.4. The van der Waals surface area contributed by atoms with Crippen LogP contribution in [-0.4, -0.2) is 0 Å². The molecule has 0 N–H and O–H groups in total. The zero-order valence-corrected chi connectivity index (χ0v) is 48.9. The van der Waals surface area contributed by atoms with Gasteiger partial charge in [-0.1, -0.05) is 187 Å². The van der Waals surface area contributed by atoms with Crippen molar-refractivity contribution in [3.05, 3.63) is 78.3 Å². The normalized spacial score (nSPS) is 36.2. The van der Waals surface area contributed by atoms with Crippen LogP contribution >= 0.6 is 17.0 Å². The van der Waals surface area contributed by atoms with Crippen LogP contribution in [0.5, 0.6) is 0 Å². The molecule has 6 rings (SSSR count). The summed E-state index contributed by atoms with van der Waals surface area (Å²) in [5, 5.41) is 0. The molecule has 4 fully saturated rings. The molecule has 0 saturated heterocycles. The quantitative estimate of drug-likeness (QED) is 0.212. The summed E-state index contributed by atoms with van der Waals surface area (Å²) in [5.41, 5.74) is 0. The first-order valence-electron chi connectivity index (χ1n) is 21.9. The average Bonchev–Trinajstić information content (AvgIpc) is 3.85. The van der Waals surface area contributed by atoms with E-state index in [2.05, 4.69) is 132 Å². The fraction of sp³-hybridized carbons (Fsp3) is 0.769. The molecule has 0 aromatic rings. The van der Waals surface area contributed by atoms with Gasteiger partial charge >= 0.3 is 64.1 Å². The molecule has 6 unspecified atom stereocenters. The largest absolute Gasteiger partial charge is 3.00 e. The molecular weight excluding hydrogens is 878 g/mol. The molecule has 0 heterocycles. The molecule has 0 bridgehead atoms. The summed E-state index contributed by atoms with van der Waals surface area (Å²) in [6.07, 6.45) is 23.9. The van der Waals surface area contributed by atoms with Crippen molar-refractivity contribution in [1.82, 2.24) is 0 Å². The Morgan fingerprint density at radius 3 is 0.661 bits per heavy atom. The zero-order valence-electron chi connectivity index (χ0n) is 42.4. The summed E-state index contributed by atoms with van der Waals surface area (Å²) in [4.78, 5) is 0.